The van der Waals surface area contributed by atoms with Gasteiger partial charge in [-0.15, -0.1) is 0 Å². The molecule has 2 aliphatic heterocycles. The third-order valence-electron chi connectivity index (χ3n) is 8.68. The second-order valence-electron chi connectivity index (χ2n) is 13.2. The van der Waals surface area contributed by atoms with E-state index in [-0.39, 0.29) is 23.1 Å². The Bertz CT molecular complexity index is 1530. The van der Waals surface area contributed by atoms with E-state index in [4.69, 9.17) is 9.72 Å². The van der Waals surface area contributed by atoms with Gasteiger partial charge < -0.3 is 19.4 Å². The predicted octanol–water partition coefficient (Wildman–Crippen LogP) is 6.57. The van der Waals surface area contributed by atoms with Crippen molar-refractivity contribution >= 4 is 29.1 Å². The number of anilines is 3. The summed E-state index contributed by atoms with van der Waals surface area (Å²) in [5, 5.41) is 0. The first-order valence-corrected chi connectivity index (χ1v) is 15.3. The SMILES string of the molecule is CC.COC(=O)C(C)(C)c1ccc(N2CCN(C(=O)c3ccc4c(n3)C(C)(C)CN4c3ccc(C)c(F)c3)C(C)(C)C2)nc1. The minimum Gasteiger partial charge on any atom is -0.468 e. The summed E-state index contributed by atoms with van der Waals surface area (Å²) in [5.41, 5.74) is 2.71. The fraction of sp³-hybridized carbons (Fsp3) is 0.486. The number of halogens is 1. The zero-order chi connectivity index (χ0) is 32.6. The van der Waals surface area contributed by atoms with Gasteiger partial charge in [0.1, 0.15) is 17.3 Å². The molecule has 8 nitrogen and oxygen atoms in total. The molecule has 2 aliphatic rings. The number of rotatable bonds is 5. The Morgan fingerprint density at radius 3 is 2.27 bits per heavy atom. The van der Waals surface area contributed by atoms with Crippen LogP contribution in [0.3, 0.4) is 0 Å². The van der Waals surface area contributed by atoms with Gasteiger partial charge in [-0.25, -0.2) is 14.4 Å². The Balaban J connectivity index is 0.00000216. The van der Waals surface area contributed by atoms with Gasteiger partial charge in [-0.05, 0) is 76.1 Å². The maximum atomic E-state index is 14.4. The van der Waals surface area contributed by atoms with E-state index in [1.165, 1.54) is 7.11 Å². The second-order valence-corrected chi connectivity index (χ2v) is 13.2. The van der Waals surface area contributed by atoms with E-state index in [1.807, 2.05) is 56.9 Å². The van der Waals surface area contributed by atoms with Crippen molar-refractivity contribution in [2.24, 2.45) is 0 Å². The first-order chi connectivity index (χ1) is 20.7. The van der Waals surface area contributed by atoms with Gasteiger partial charge in [0.15, 0.2) is 0 Å². The number of aryl methyl sites for hydroxylation is 1. The van der Waals surface area contributed by atoms with Crippen molar-refractivity contribution in [2.75, 3.05) is 43.1 Å². The average Bonchev–Trinajstić information content (AvgIpc) is 3.28. The Kier molecular flexibility index (Phi) is 9.10. The maximum absolute atomic E-state index is 14.4. The number of hydrogen-bond donors (Lipinski definition) is 0. The molecule has 1 fully saturated rings. The molecule has 0 aliphatic carbocycles. The molecule has 0 saturated carbocycles. The van der Waals surface area contributed by atoms with Crippen LogP contribution in [-0.2, 0) is 20.4 Å². The number of carbonyl (C=O) groups excluding carboxylic acids is 2. The molecule has 1 aromatic carbocycles. The van der Waals surface area contributed by atoms with Crippen LogP contribution in [0.15, 0.2) is 48.7 Å². The van der Waals surface area contributed by atoms with Crippen molar-refractivity contribution in [3.8, 4) is 0 Å². The number of aromatic nitrogens is 2. The van der Waals surface area contributed by atoms with Gasteiger partial charge >= 0.3 is 5.97 Å². The highest BCUT2D eigenvalue weighted by Gasteiger charge is 2.41. The average molecular weight is 604 g/mol. The summed E-state index contributed by atoms with van der Waals surface area (Å²) in [7, 11) is 1.39. The van der Waals surface area contributed by atoms with Crippen molar-refractivity contribution in [1.82, 2.24) is 14.9 Å². The van der Waals surface area contributed by atoms with E-state index in [2.05, 4.69) is 42.5 Å². The van der Waals surface area contributed by atoms with Gasteiger partial charge in [-0.1, -0.05) is 39.8 Å². The Labute approximate surface area is 261 Å². The van der Waals surface area contributed by atoms with E-state index in [1.54, 1.807) is 31.3 Å². The number of pyridine rings is 2. The third-order valence-corrected chi connectivity index (χ3v) is 8.68. The normalized spacial score (nSPS) is 17.0. The van der Waals surface area contributed by atoms with Crippen molar-refractivity contribution in [3.63, 3.8) is 0 Å². The lowest BCUT2D eigenvalue weighted by Crippen LogP contribution is -2.61. The molecule has 3 aromatic rings. The van der Waals surface area contributed by atoms with Gasteiger partial charge in [-0.3, -0.25) is 9.59 Å². The van der Waals surface area contributed by atoms with Crippen LogP contribution >= 0.6 is 0 Å². The summed E-state index contributed by atoms with van der Waals surface area (Å²) < 4.78 is 19.3. The van der Waals surface area contributed by atoms with Gasteiger partial charge in [0, 0.05) is 43.5 Å². The van der Waals surface area contributed by atoms with Crippen LogP contribution in [0.1, 0.15) is 82.7 Å². The molecule has 0 atom stereocenters. The highest BCUT2D eigenvalue weighted by Crippen LogP contribution is 2.43. The molecule has 5 rings (SSSR count). The molecule has 0 bridgehead atoms. The predicted molar refractivity (Wildman–Crippen MR) is 173 cm³/mol. The van der Waals surface area contributed by atoms with Crippen LogP contribution in [0.5, 0.6) is 0 Å². The van der Waals surface area contributed by atoms with Crippen LogP contribution in [0, 0.1) is 12.7 Å². The van der Waals surface area contributed by atoms with E-state index in [0.29, 0.717) is 37.4 Å². The van der Waals surface area contributed by atoms with Crippen molar-refractivity contribution < 1.29 is 18.7 Å². The molecule has 236 valence electrons. The molecule has 0 radical (unpaired) electrons. The summed E-state index contributed by atoms with van der Waals surface area (Å²) in [4.78, 5) is 41.8. The molecule has 4 heterocycles. The summed E-state index contributed by atoms with van der Waals surface area (Å²) in [6, 6.07) is 12.8. The number of fused-ring (bicyclic) bond motifs is 1. The van der Waals surface area contributed by atoms with Crippen molar-refractivity contribution in [1.29, 1.82) is 0 Å². The highest BCUT2D eigenvalue weighted by atomic mass is 19.1. The summed E-state index contributed by atoms with van der Waals surface area (Å²) in [6.45, 7) is 20.1. The van der Waals surface area contributed by atoms with Gasteiger partial charge in [-0.2, -0.15) is 0 Å². The smallest absolute Gasteiger partial charge is 0.315 e. The van der Waals surface area contributed by atoms with E-state index in [0.717, 1.165) is 28.5 Å². The number of hydrogen-bond acceptors (Lipinski definition) is 7. The number of piperazine rings is 1. The van der Waals surface area contributed by atoms with E-state index in [9.17, 15) is 14.0 Å². The Morgan fingerprint density at radius 2 is 1.68 bits per heavy atom. The fourth-order valence-corrected chi connectivity index (χ4v) is 6.00. The highest BCUT2D eigenvalue weighted by molar-refractivity contribution is 5.94. The summed E-state index contributed by atoms with van der Waals surface area (Å²) in [6.07, 6.45) is 1.72. The third kappa shape index (κ3) is 6.01. The van der Waals surface area contributed by atoms with Gasteiger partial charge in [0.25, 0.3) is 5.91 Å². The standard InChI is InChI=1S/C33H40FN5O3.C2H6/c1-21-9-11-23(17-24(21)34)38-19-31(2,3)28-26(38)13-12-25(36-28)29(40)39-16-15-37(20-32(39,4)5)27-14-10-22(18-35-27)33(6,7)30(41)42-8;1-2/h9-14,17-18H,15-16,19-20H2,1-8H3;1-2H3. The molecule has 44 heavy (non-hydrogen) atoms. The van der Waals surface area contributed by atoms with Gasteiger partial charge in [0.05, 0.1) is 29.4 Å². The quantitative estimate of drug-likeness (QED) is 0.305. The minimum absolute atomic E-state index is 0.110. The van der Waals surface area contributed by atoms with E-state index < -0.39 is 11.0 Å². The molecular weight excluding hydrogens is 557 g/mol. The Hall–Kier alpha value is -4.01. The molecule has 0 spiro atoms. The number of nitrogens with zero attached hydrogens (tertiary/aromatic N) is 5. The molecule has 2 aromatic heterocycles. The number of carbonyl (C=O) groups is 2. The zero-order valence-electron chi connectivity index (χ0n) is 27.8. The minimum atomic E-state index is -0.796. The number of benzene rings is 1. The maximum Gasteiger partial charge on any atom is 0.315 e. The molecule has 0 N–H and O–H groups in total. The molecular formula is C35H46FN5O3. The fourth-order valence-electron chi connectivity index (χ4n) is 6.00. The van der Waals surface area contributed by atoms with Crippen LogP contribution < -0.4 is 9.80 Å². The lowest BCUT2D eigenvalue weighted by molar-refractivity contribution is -0.146. The van der Waals surface area contributed by atoms with Crippen LogP contribution in [-0.4, -0.2) is 65.6 Å². The number of esters is 1. The van der Waals surface area contributed by atoms with Crippen LogP contribution in [0.2, 0.25) is 0 Å². The van der Waals surface area contributed by atoms with Crippen LogP contribution in [0.25, 0.3) is 0 Å². The molecule has 1 amide bonds. The van der Waals surface area contributed by atoms with Crippen molar-refractivity contribution in [2.45, 2.75) is 78.7 Å². The lowest BCUT2D eigenvalue weighted by atomic mass is 9.86. The largest absolute Gasteiger partial charge is 0.468 e. The van der Waals surface area contributed by atoms with Crippen LogP contribution in [0.4, 0.5) is 21.6 Å². The summed E-state index contributed by atoms with van der Waals surface area (Å²) in [5.74, 6) is 0.132. The number of amides is 1. The zero-order valence-corrected chi connectivity index (χ0v) is 27.8. The Morgan fingerprint density at radius 1 is 0.977 bits per heavy atom. The monoisotopic (exact) mass is 603 g/mol. The molecule has 0 unspecified atom stereocenters. The number of ether oxygens (including phenoxy) is 1. The van der Waals surface area contributed by atoms with Crippen molar-refractivity contribution in [3.05, 3.63) is 77.0 Å². The molecule has 9 heteroatoms. The first kappa shape index (κ1) is 32.9. The summed E-state index contributed by atoms with van der Waals surface area (Å²) >= 11 is 0. The van der Waals surface area contributed by atoms with Gasteiger partial charge in [0.2, 0.25) is 0 Å². The number of methoxy groups -OCH3 is 1. The second kappa shape index (κ2) is 12.2. The van der Waals surface area contributed by atoms with E-state index >= 15 is 0 Å². The topological polar surface area (TPSA) is 78.9 Å². The molecule has 1 saturated heterocycles. The first-order valence-electron chi connectivity index (χ1n) is 15.3. The lowest BCUT2D eigenvalue weighted by Gasteiger charge is -2.47.